The Morgan fingerprint density at radius 2 is 1.89 bits per heavy atom. The van der Waals surface area contributed by atoms with Gasteiger partial charge < -0.3 is 15.4 Å². The molecule has 2 heterocycles. The lowest BCUT2D eigenvalue weighted by molar-refractivity contribution is -0.137. The second-order valence-electron chi connectivity index (χ2n) is 6.07. The van der Waals surface area contributed by atoms with E-state index in [1.54, 1.807) is 0 Å². The van der Waals surface area contributed by atoms with Gasteiger partial charge in [-0.1, -0.05) is 13.8 Å². The summed E-state index contributed by atoms with van der Waals surface area (Å²) >= 11 is 0. The van der Waals surface area contributed by atoms with Gasteiger partial charge in [-0.3, -0.25) is 9.59 Å². The molecule has 2 unspecified atom stereocenters. The molecular formula is C14H24N2O3. The maximum atomic E-state index is 12.0. The zero-order valence-corrected chi connectivity index (χ0v) is 11.8. The van der Waals surface area contributed by atoms with Crippen LogP contribution < -0.4 is 10.6 Å². The van der Waals surface area contributed by atoms with E-state index in [1.807, 2.05) is 13.8 Å². The predicted octanol–water partition coefficient (Wildman–Crippen LogP) is 0.832. The SMILES string of the molecule is CC(C)C[C@H]1NC(=O)C(CC2CCCOC2)NC1=O. The standard InChI is InChI=1S/C14H24N2O3/c1-9(2)6-11-13(17)16-12(14(18)15-11)7-10-4-3-5-19-8-10/h9-12H,3-8H2,1-2H3,(H,15,18)(H,16,17)/t10?,11-,12?/m1/s1. The number of hydrogen-bond donors (Lipinski definition) is 2. The van der Waals surface area contributed by atoms with Crippen LogP contribution in [0.4, 0.5) is 0 Å². The van der Waals surface area contributed by atoms with Crippen LogP contribution in [0.2, 0.25) is 0 Å². The van der Waals surface area contributed by atoms with E-state index in [4.69, 9.17) is 4.74 Å². The van der Waals surface area contributed by atoms with Gasteiger partial charge in [-0.05, 0) is 37.5 Å². The third-order valence-electron chi connectivity index (χ3n) is 3.80. The lowest BCUT2D eigenvalue weighted by Crippen LogP contribution is -2.62. The Hall–Kier alpha value is -1.10. The number of rotatable bonds is 4. The van der Waals surface area contributed by atoms with Crippen LogP contribution in [0.5, 0.6) is 0 Å². The van der Waals surface area contributed by atoms with E-state index in [-0.39, 0.29) is 23.9 Å². The van der Waals surface area contributed by atoms with Crippen molar-refractivity contribution in [3.63, 3.8) is 0 Å². The first kappa shape index (κ1) is 14.3. The van der Waals surface area contributed by atoms with Crippen LogP contribution in [0.1, 0.15) is 39.5 Å². The van der Waals surface area contributed by atoms with Crippen LogP contribution >= 0.6 is 0 Å². The molecule has 0 aromatic heterocycles. The van der Waals surface area contributed by atoms with Gasteiger partial charge in [-0.15, -0.1) is 0 Å². The Bertz CT molecular complexity index is 338. The average Bonchev–Trinajstić information content (AvgIpc) is 2.36. The van der Waals surface area contributed by atoms with Crippen LogP contribution in [-0.4, -0.2) is 37.1 Å². The lowest BCUT2D eigenvalue weighted by Gasteiger charge is -2.33. The smallest absolute Gasteiger partial charge is 0.243 e. The molecule has 2 rings (SSSR count). The highest BCUT2D eigenvalue weighted by Gasteiger charge is 2.35. The zero-order chi connectivity index (χ0) is 13.8. The fourth-order valence-corrected chi connectivity index (χ4v) is 2.81. The highest BCUT2D eigenvalue weighted by molar-refractivity contribution is 5.96. The average molecular weight is 268 g/mol. The van der Waals surface area contributed by atoms with Crippen LogP contribution in [0.25, 0.3) is 0 Å². The van der Waals surface area contributed by atoms with E-state index < -0.39 is 0 Å². The molecule has 5 nitrogen and oxygen atoms in total. The quantitative estimate of drug-likeness (QED) is 0.793. The van der Waals surface area contributed by atoms with E-state index in [9.17, 15) is 9.59 Å². The van der Waals surface area contributed by atoms with Gasteiger partial charge in [0.1, 0.15) is 12.1 Å². The number of carbonyl (C=O) groups excluding carboxylic acids is 2. The van der Waals surface area contributed by atoms with E-state index in [1.165, 1.54) is 0 Å². The molecule has 2 saturated heterocycles. The molecule has 108 valence electrons. The fourth-order valence-electron chi connectivity index (χ4n) is 2.81. The summed E-state index contributed by atoms with van der Waals surface area (Å²) in [4.78, 5) is 24.0. The van der Waals surface area contributed by atoms with Gasteiger partial charge in [0.05, 0.1) is 0 Å². The molecule has 0 radical (unpaired) electrons. The van der Waals surface area contributed by atoms with Crippen molar-refractivity contribution in [3.8, 4) is 0 Å². The molecule has 0 aliphatic carbocycles. The number of amides is 2. The summed E-state index contributed by atoms with van der Waals surface area (Å²) in [5, 5.41) is 5.71. The largest absolute Gasteiger partial charge is 0.381 e. The Balaban J connectivity index is 1.87. The van der Waals surface area contributed by atoms with E-state index in [0.29, 0.717) is 31.3 Å². The summed E-state index contributed by atoms with van der Waals surface area (Å²) in [6, 6.07) is -0.756. The molecule has 19 heavy (non-hydrogen) atoms. The molecule has 0 aromatic carbocycles. The van der Waals surface area contributed by atoms with Crippen LogP contribution in [-0.2, 0) is 14.3 Å². The fraction of sp³-hybridized carbons (Fsp3) is 0.857. The Labute approximate surface area is 114 Å². The monoisotopic (exact) mass is 268 g/mol. The van der Waals surface area contributed by atoms with Crippen LogP contribution in [0, 0.1) is 11.8 Å². The molecule has 2 N–H and O–H groups in total. The molecular weight excluding hydrogens is 244 g/mol. The van der Waals surface area contributed by atoms with Crippen molar-refractivity contribution >= 4 is 11.8 Å². The van der Waals surface area contributed by atoms with Gasteiger partial charge in [0.15, 0.2) is 0 Å². The number of hydrogen-bond acceptors (Lipinski definition) is 3. The Kier molecular flexibility index (Phi) is 4.80. The Morgan fingerprint density at radius 3 is 2.53 bits per heavy atom. The van der Waals surface area contributed by atoms with Crippen molar-refractivity contribution < 1.29 is 14.3 Å². The van der Waals surface area contributed by atoms with E-state index in [0.717, 1.165) is 19.4 Å². The molecule has 2 aliphatic rings. The van der Waals surface area contributed by atoms with E-state index >= 15 is 0 Å². The number of nitrogens with one attached hydrogen (secondary N) is 2. The van der Waals surface area contributed by atoms with Crippen molar-refractivity contribution in [2.75, 3.05) is 13.2 Å². The highest BCUT2D eigenvalue weighted by Crippen LogP contribution is 2.20. The van der Waals surface area contributed by atoms with Crippen LogP contribution in [0.3, 0.4) is 0 Å². The first-order chi connectivity index (χ1) is 9.06. The molecule has 2 aliphatic heterocycles. The maximum Gasteiger partial charge on any atom is 0.243 e. The number of ether oxygens (including phenoxy) is 1. The first-order valence-electron chi connectivity index (χ1n) is 7.24. The van der Waals surface area contributed by atoms with Gasteiger partial charge in [-0.2, -0.15) is 0 Å². The molecule has 2 fully saturated rings. The molecule has 0 spiro atoms. The summed E-state index contributed by atoms with van der Waals surface area (Å²) < 4.78 is 5.42. The minimum atomic E-state index is -0.386. The van der Waals surface area contributed by atoms with E-state index in [2.05, 4.69) is 10.6 Å². The predicted molar refractivity (Wildman–Crippen MR) is 71.5 cm³/mol. The van der Waals surface area contributed by atoms with Crippen molar-refractivity contribution in [3.05, 3.63) is 0 Å². The molecule has 0 bridgehead atoms. The summed E-state index contributed by atoms with van der Waals surface area (Å²) in [5.74, 6) is 0.677. The van der Waals surface area contributed by atoms with Gasteiger partial charge in [0.25, 0.3) is 0 Å². The summed E-state index contributed by atoms with van der Waals surface area (Å²) in [7, 11) is 0. The summed E-state index contributed by atoms with van der Waals surface area (Å²) in [6.07, 6.45) is 3.50. The second kappa shape index (κ2) is 6.37. The van der Waals surface area contributed by atoms with Crippen molar-refractivity contribution in [1.29, 1.82) is 0 Å². The highest BCUT2D eigenvalue weighted by atomic mass is 16.5. The third-order valence-corrected chi connectivity index (χ3v) is 3.80. The minimum Gasteiger partial charge on any atom is -0.381 e. The van der Waals surface area contributed by atoms with Crippen molar-refractivity contribution in [1.82, 2.24) is 10.6 Å². The normalized spacial score (nSPS) is 32.1. The molecule has 2 amide bonds. The van der Waals surface area contributed by atoms with Crippen molar-refractivity contribution in [2.24, 2.45) is 11.8 Å². The first-order valence-corrected chi connectivity index (χ1v) is 7.24. The molecule has 0 aromatic rings. The second-order valence-corrected chi connectivity index (χ2v) is 6.07. The molecule has 3 atom stereocenters. The minimum absolute atomic E-state index is 0.0455. The maximum absolute atomic E-state index is 12.0. The summed E-state index contributed by atoms with van der Waals surface area (Å²) in [5.41, 5.74) is 0. The molecule has 5 heteroatoms. The van der Waals surface area contributed by atoms with Gasteiger partial charge in [0.2, 0.25) is 11.8 Å². The number of carbonyl (C=O) groups is 2. The Morgan fingerprint density at radius 1 is 1.21 bits per heavy atom. The van der Waals surface area contributed by atoms with Gasteiger partial charge in [0, 0.05) is 13.2 Å². The van der Waals surface area contributed by atoms with Gasteiger partial charge >= 0.3 is 0 Å². The molecule has 0 saturated carbocycles. The summed E-state index contributed by atoms with van der Waals surface area (Å²) in [6.45, 7) is 5.61. The van der Waals surface area contributed by atoms with Gasteiger partial charge in [-0.25, -0.2) is 0 Å². The van der Waals surface area contributed by atoms with Crippen molar-refractivity contribution in [2.45, 2.75) is 51.6 Å². The third kappa shape index (κ3) is 3.93. The van der Waals surface area contributed by atoms with Crippen LogP contribution in [0.15, 0.2) is 0 Å². The number of piperazine rings is 1. The lowest BCUT2D eigenvalue weighted by atomic mass is 9.91. The topological polar surface area (TPSA) is 67.4 Å². The zero-order valence-electron chi connectivity index (χ0n) is 11.8.